The monoisotopic (exact) mass is 330 g/mol. The lowest BCUT2D eigenvalue weighted by Gasteiger charge is -2.16. The minimum Gasteiger partial charge on any atom is -0.385 e. The van der Waals surface area contributed by atoms with Crippen LogP contribution in [0.15, 0.2) is 12.1 Å². The zero-order valence-electron chi connectivity index (χ0n) is 12.5. The molecule has 0 atom stereocenters. The van der Waals surface area contributed by atoms with E-state index in [1.165, 1.54) is 7.11 Å². The summed E-state index contributed by atoms with van der Waals surface area (Å²) in [6, 6.07) is 1.62. The number of hydrogen-bond acceptors (Lipinski definition) is 3. The van der Waals surface area contributed by atoms with Crippen LogP contribution in [0.4, 0.5) is 18.9 Å². The first kappa shape index (κ1) is 17.3. The van der Waals surface area contributed by atoms with E-state index < -0.39 is 40.4 Å². The van der Waals surface area contributed by atoms with Crippen molar-refractivity contribution in [3.8, 4) is 0 Å². The molecule has 0 heterocycles. The van der Waals surface area contributed by atoms with Crippen LogP contribution in [0, 0.1) is 22.9 Å². The summed E-state index contributed by atoms with van der Waals surface area (Å²) < 4.78 is 44.5. The summed E-state index contributed by atoms with van der Waals surface area (Å²) in [6.07, 6.45) is 1.23. The Morgan fingerprint density at radius 3 is 2.48 bits per heavy atom. The summed E-state index contributed by atoms with van der Waals surface area (Å²) in [4.78, 5) is 24.3. The van der Waals surface area contributed by atoms with Crippen LogP contribution in [0.5, 0.6) is 0 Å². The fraction of sp³-hybridized carbons (Fsp3) is 0.467. The van der Waals surface area contributed by atoms with Crippen molar-refractivity contribution in [3.63, 3.8) is 0 Å². The van der Waals surface area contributed by atoms with Crippen molar-refractivity contribution in [1.29, 1.82) is 0 Å². The maximum absolute atomic E-state index is 13.6. The topological polar surface area (TPSA) is 67.4 Å². The highest BCUT2D eigenvalue weighted by atomic mass is 19.2. The molecule has 126 valence electrons. The molecule has 8 heteroatoms. The van der Waals surface area contributed by atoms with Gasteiger partial charge in [0, 0.05) is 20.3 Å². The molecule has 1 saturated carbocycles. The number of rotatable bonds is 7. The van der Waals surface area contributed by atoms with E-state index in [-0.39, 0.29) is 0 Å². The highest BCUT2D eigenvalue weighted by Gasteiger charge is 2.56. The molecule has 1 aromatic carbocycles. The first-order chi connectivity index (χ1) is 10.9. The number of anilines is 1. The molecule has 2 N–H and O–H groups in total. The average Bonchev–Trinajstić information content (AvgIpc) is 3.34. The summed E-state index contributed by atoms with van der Waals surface area (Å²) in [6.45, 7) is 0.820. The average molecular weight is 330 g/mol. The summed E-state index contributed by atoms with van der Waals surface area (Å²) in [5.74, 6) is -5.70. The smallest absolute Gasteiger partial charge is 0.240 e. The molecule has 0 spiro atoms. The number of ether oxygens (including phenoxy) is 1. The van der Waals surface area contributed by atoms with Crippen molar-refractivity contribution in [1.82, 2.24) is 5.32 Å². The van der Waals surface area contributed by atoms with Crippen molar-refractivity contribution in [2.45, 2.75) is 19.3 Å². The first-order valence-electron chi connectivity index (χ1n) is 7.14. The maximum atomic E-state index is 13.6. The number of methoxy groups -OCH3 is 1. The third-order valence-corrected chi connectivity index (χ3v) is 3.71. The third-order valence-electron chi connectivity index (χ3n) is 3.71. The van der Waals surface area contributed by atoms with E-state index in [0.29, 0.717) is 38.5 Å². The third kappa shape index (κ3) is 3.64. The Labute approximate surface area is 131 Å². The van der Waals surface area contributed by atoms with E-state index in [2.05, 4.69) is 10.6 Å². The zero-order chi connectivity index (χ0) is 17.0. The van der Waals surface area contributed by atoms with Gasteiger partial charge in [-0.05, 0) is 31.4 Å². The number of amides is 2. The maximum Gasteiger partial charge on any atom is 0.240 e. The van der Waals surface area contributed by atoms with Crippen molar-refractivity contribution in [2.24, 2.45) is 5.41 Å². The minimum atomic E-state index is -1.67. The lowest BCUT2D eigenvalue weighted by molar-refractivity contribution is -0.134. The van der Waals surface area contributed by atoms with Crippen molar-refractivity contribution in [3.05, 3.63) is 29.6 Å². The molecule has 23 heavy (non-hydrogen) atoms. The van der Waals surface area contributed by atoms with E-state index in [9.17, 15) is 22.8 Å². The van der Waals surface area contributed by atoms with Crippen molar-refractivity contribution in [2.75, 3.05) is 25.6 Å². The van der Waals surface area contributed by atoms with Crippen LogP contribution in [-0.2, 0) is 14.3 Å². The first-order valence-corrected chi connectivity index (χ1v) is 7.14. The highest BCUT2D eigenvalue weighted by molar-refractivity contribution is 6.13. The second kappa shape index (κ2) is 6.99. The zero-order valence-corrected chi connectivity index (χ0v) is 12.5. The second-order valence-corrected chi connectivity index (χ2v) is 5.36. The minimum absolute atomic E-state index is 0.320. The van der Waals surface area contributed by atoms with Gasteiger partial charge in [0.05, 0.1) is 5.69 Å². The Kier molecular flexibility index (Phi) is 5.25. The molecule has 0 unspecified atom stereocenters. The molecule has 5 nitrogen and oxygen atoms in total. The number of carbonyl (C=O) groups is 2. The van der Waals surface area contributed by atoms with Gasteiger partial charge in [0.25, 0.3) is 0 Å². The molecule has 1 aliphatic carbocycles. The molecule has 0 radical (unpaired) electrons. The molecule has 2 rings (SSSR count). The van der Waals surface area contributed by atoms with Gasteiger partial charge in [-0.3, -0.25) is 9.59 Å². The van der Waals surface area contributed by atoms with E-state index in [0.717, 1.165) is 6.07 Å². The van der Waals surface area contributed by atoms with Crippen molar-refractivity contribution >= 4 is 17.5 Å². The summed E-state index contributed by atoms with van der Waals surface area (Å²) in [5.41, 5.74) is -1.77. The van der Waals surface area contributed by atoms with E-state index in [1.807, 2.05) is 0 Å². The predicted octanol–water partition coefficient (Wildman–Crippen LogP) is 1.98. The molecule has 1 aliphatic rings. The van der Waals surface area contributed by atoms with E-state index in [4.69, 9.17) is 4.74 Å². The highest BCUT2D eigenvalue weighted by Crippen LogP contribution is 2.47. The Bertz CT molecular complexity index is 618. The molecular formula is C15H17F3N2O3. The molecule has 0 aliphatic heterocycles. The number of nitrogens with one attached hydrogen (secondary N) is 2. The molecule has 1 aromatic rings. The van der Waals surface area contributed by atoms with Crippen LogP contribution in [0.1, 0.15) is 19.3 Å². The van der Waals surface area contributed by atoms with Crippen LogP contribution < -0.4 is 10.6 Å². The number of carbonyl (C=O) groups excluding carboxylic acids is 2. The Hall–Kier alpha value is -2.09. The summed E-state index contributed by atoms with van der Waals surface area (Å²) in [7, 11) is 1.54. The van der Waals surface area contributed by atoms with E-state index >= 15 is 0 Å². The predicted molar refractivity (Wildman–Crippen MR) is 76.1 cm³/mol. The van der Waals surface area contributed by atoms with Gasteiger partial charge in [-0.1, -0.05) is 0 Å². The SMILES string of the molecule is COCCCNC(=O)C1(C(=O)Nc2ccc(F)c(F)c2F)CC1. The quantitative estimate of drug-likeness (QED) is 0.456. The lowest BCUT2D eigenvalue weighted by atomic mass is 10.0. The number of hydrogen-bond donors (Lipinski definition) is 2. The Balaban J connectivity index is 2.00. The number of halogens is 3. The van der Waals surface area contributed by atoms with E-state index in [1.54, 1.807) is 0 Å². The lowest BCUT2D eigenvalue weighted by Crippen LogP contribution is -2.40. The fourth-order valence-electron chi connectivity index (χ4n) is 2.13. The molecule has 0 bridgehead atoms. The standard InChI is InChI=1S/C15H17F3N2O3/c1-23-8-2-7-19-13(21)15(5-6-15)14(22)20-10-4-3-9(16)11(17)12(10)18/h3-4H,2,5-8H2,1H3,(H,19,21)(H,20,22). The van der Waals surface area contributed by atoms with Crippen molar-refractivity contribution < 1.29 is 27.5 Å². The van der Waals surface area contributed by atoms with Gasteiger partial charge in [-0.2, -0.15) is 0 Å². The normalized spacial score (nSPS) is 15.1. The van der Waals surface area contributed by atoms with Crippen LogP contribution in [0.25, 0.3) is 0 Å². The van der Waals surface area contributed by atoms with Gasteiger partial charge < -0.3 is 15.4 Å². The Morgan fingerprint density at radius 1 is 1.17 bits per heavy atom. The van der Waals surface area contributed by atoms with Crippen LogP contribution >= 0.6 is 0 Å². The van der Waals surface area contributed by atoms with Gasteiger partial charge in [0.15, 0.2) is 17.5 Å². The van der Waals surface area contributed by atoms with Crippen LogP contribution in [0.3, 0.4) is 0 Å². The van der Waals surface area contributed by atoms with Crippen LogP contribution in [-0.4, -0.2) is 32.1 Å². The second-order valence-electron chi connectivity index (χ2n) is 5.36. The van der Waals surface area contributed by atoms with Gasteiger partial charge in [0.1, 0.15) is 5.41 Å². The van der Waals surface area contributed by atoms with Crippen LogP contribution in [0.2, 0.25) is 0 Å². The molecule has 0 aromatic heterocycles. The van der Waals surface area contributed by atoms with Gasteiger partial charge in [0.2, 0.25) is 11.8 Å². The number of benzene rings is 1. The molecule has 2 amide bonds. The summed E-state index contributed by atoms with van der Waals surface area (Å²) >= 11 is 0. The Morgan fingerprint density at radius 2 is 1.87 bits per heavy atom. The fourth-order valence-corrected chi connectivity index (χ4v) is 2.13. The van der Waals surface area contributed by atoms with Gasteiger partial charge in [-0.15, -0.1) is 0 Å². The van der Waals surface area contributed by atoms with Gasteiger partial charge in [-0.25, -0.2) is 13.2 Å². The summed E-state index contributed by atoms with van der Waals surface area (Å²) in [5, 5.41) is 4.77. The molecule has 1 fully saturated rings. The molecule has 0 saturated heterocycles. The molecular weight excluding hydrogens is 313 g/mol. The largest absolute Gasteiger partial charge is 0.385 e. The van der Waals surface area contributed by atoms with Gasteiger partial charge >= 0.3 is 0 Å².